The number of rotatable bonds is 5. The Morgan fingerprint density at radius 2 is 1.62 bits per heavy atom. The first-order chi connectivity index (χ1) is 11.3. The smallest absolute Gasteiger partial charge is 0.286 e. The standard InChI is InChI=1S/C15H13N3O6/c16-11(19)5-6-14(22)18(24)15(23)9-3-1-2-4-10(9)17-12(20)7-8-13(17)21/h1-4,7-8,24H,5-6H2,(H2,16,19). The first kappa shape index (κ1) is 17.0. The van der Waals surface area contributed by atoms with Crippen molar-refractivity contribution in [2.24, 2.45) is 5.73 Å². The van der Waals surface area contributed by atoms with Crippen molar-refractivity contribution >= 4 is 35.2 Å². The number of hydroxylamine groups is 2. The summed E-state index contributed by atoms with van der Waals surface area (Å²) in [5, 5.41) is 9.56. The van der Waals surface area contributed by atoms with Crippen molar-refractivity contribution in [2.75, 3.05) is 4.90 Å². The second-order valence-corrected chi connectivity index (χ2v) is 4.84. The Morgan fingerprint density at radius 3 is 2.21 bits per heavy atom. The number of hydrogen-bond acceptors (Lipinski definition) is 6. The highest BCUT2D eigenvalue weighted by atomic mass is 16.5. The minimum Gasteiger partial charge on any atom is -0.370 e. The first-order valence-electron chi connectivity index (χ1n) is 6.82. The molecule has 0 aromatic heterocycles. The summed E-state index contributed by atoms with van der Waals surface area (Å²) in [6, 6.07) is 5.51. The molecule has 9 heteroatoms. The summed E-state index contributed by atoms with van der Waals surface area (Å²) in [5.41, 5.74) is 4.61. The lowest BCUT2D eigenvalue weighted by Crippen LogP contribution is -2.37. The van der Waals surface area contributed by atoms with Gasteiger partial charge >= 0.3 is 0 Å². The Kier molecular flexibility index (Phi) is 4.85. The van der Waals surface area contributed by atoms with Gasteiger partial charge in [0.05, 0.1) is 11.3 Å². The van der Waals surface area contributed by atoms with Crippen LogP contribution >= 0.6 is 0 Å². The van der Waals surface area contributed by atoms with Crippen LogP contribution in [0.3, 0.4) is 0 Å². The van der Waals surface area contributed by atoms with Crippen molar-refractivity contribution in [1.29, 1.82) is 0 Å². The van der Waals surface area contributed by atoms with Gasteiger partial charge < -0.3 is 5.73 Å². The summed E-state index contributed by atoms with van der Waals surface area (Å²) in [6.07, 6.45) is 1.29. The molecule has 0 radical (unpaired) electrons. The number of imide groups is 2. The van der Waals surface area contributed by atoms with E-state index in [4.69, 9.17) is 5.73 Å². The molecule has 0 aliphatic carbocycles. The zero-order chi connectivity index (χ0) is 17.9. The van der Waals surface area contributed by atoms with Gasteiger partial charge in [0.2, 0.25) is 5.91 Å². The van der Waals surface area contributed by atoms with Crippen LogP contribution in [0.5, 0.6) is 0 Å². The van der Waals surface area contributed by atoms with E-state index in [1.807, 2.05) is 0 Å². The molecule has 5 amide bonds. The average molecular weight is 331 g/mol. The highest BCUT2D eigenvalue weighted by molar-refractivity contribution is 6.29. The molecule has 2 rings (SSSR count). The molecular formula is C15H13N3O6. The fourth-order valence-corrected chi connectivity index (χ4v) is 2.05. The topological polar surface area (TPSA) is 138 Å². The van der Waals surface area contributed by atoms with Gasteiger partial charge in [-0.1, -0.05) is 12.1 Å². The summed E-state index contributed by atoms with van der Waals surface area (Å²) in [4.78, 5) is 58.9. The highest BCUT2D eigenvalue weighted by Crippen LogP contribution is 2.25. The second kappa shape index (κ2) is 6.84. The molecule has 3 N–H and O–H groups in total. The van der Waals surface area contributed by atoms with Gasteiger partial charge in [0.25, 0.3) is 23.6 Å². The third kappa shape index (κ3) is 3.36. The van der Waals surface area contributed by atoms with E-state index in [1.165, 1.54) is 24.3 Å². The molecule has 1 aliphatic rings. The van der Waals surface area contributed by atoms with E-state index in [2.05, 4.69) is 0 Å². The van der Waals surface area contributed by atoms with Crippen molar-refractivity contribution in [3.05, 3.63) is 42.0 Å². The number of benzene rings is 1. The fraction of sp³-hybridized carbons (Fsp3) is 0.133. The van der Waals surface area contributed by atoms with Crippen LogP contribution < -0.4 is 10.6 Å². The van der Waals surface area contributed by atoms with Crippen molar-refractivity contribution in [3.8, 4) is 0 Å². The molecule has 1 heterocycles. The Bertz CT molecular complexity index is 752. The van der Waals surface area contributed by atoms with Gasteiger partial charge in [-0.2, -0.15) is 5.06 Å². The number of anilines is 1. The normalized spacial score (nSPS) is 13.3. The molecule has 0 spiro atoms. The average Bonchev–Trinajstić information content (AvgIpc) is 2.89. The third-order valence-corrected chi connectivity index (χ3v) is 3.20. The lowest BCUT2D eigenvalue weighted by molar-refractivity contribution is -0.154. The number of carbonyl (C=O) groups excluding carboxylic acids is 5. The number of primary amides is 1. The summed E-state index contributed by atoms with van der Waals surface area (Å²) in [6.45, 7) is 0. The number of carbonyl (C=O) groups is 5. The molecule has 0 fully saturated rings. The minimum atomic E-state index is -1.13. The predicted octanol–water partition coefficient (Wildman–Crippen LogP) is -0.261. The van der Waals surface area contributed by atoms with Gasteiger partial charge in [-0.05, 0) is 12.1 Å². The Morgan fingerprint density at radius 1 is 1.04 bits per heavy atom. The van der Waals surface area contributed by atoms with Gasteiger partial charge in [0.1, 0.15) is 0 Å². The van der Waals surface area contributed by atoms with Crippen LogP contribution in [0.1, 0.15) is 23.2 Å². The van der Waals surface area contributed by atoms with E-state index in [1.54, 1.807) is 0 Å². The summed E-state index contributed by atoms with van der Waals surface area (Å²) in [5.74, 6) is -4.23. The van der Waals surface area contributed by atoms with E-state index in [9.17, 15) is 29.2 Å². The quantitative estimate of drug-likeness (QED) is 0.433. The van der Waals surface area contributed by atoms with Crippen molar-refractivity contribution in [3.63, 3.8) is 0 Å². The molecule has 1 aliphatic heterocycles. The fourth-order valence-electron chi connectivity index (χ4n) is 2.05. The van der Waals surface area contributed by atoms with Crippen molar-refractivity contribution in [1.82, 2.24) is 5.06 Å². The number of para-hydroxylation sites is 1. The first-order valence-corrected chi connectivity index (χ1v) is 6.82. The van der Waals surface area contributed by atoms with Gasteiger partial charge in [-0.3, -0.25) is 29.2 Å². The van der Waals surface area contributed by atoms with E-state index in [-0.39, 0.29) is 22.7 Å². The van der Waals surface area contributed by atoms with Crippen molar-refractivity contribution < 1.29 is 29.2 Å². The van der Waals surface area contributed by atoms with Crippen LogP contribution in [0.4, 0.5) is 5.69 Å². The minimum absolute atomic E-state index is 0.0655. The largest absolute Gasteiger partial charge is 0.370 e. The van der Waals surface area contributed by atoms with Crippen molar-refractivity contribution in [2.45, 2.75) is 12.8 Å². The molecule has 9 nitrogen and oxygen atoms in total. The zero-order valence-corrected chi connectivity index (χ0v) is 12.3. The Hall–Kier alpha value is -3.33. The Labute approximate surface area is 135 Å². The number of amides is 5. The Balaban J connectivity index is 2.27. The van der Waals surface area contributed by atoms with E-state index < -0.39 is 36.0 Å². The van der Waals surface area contributed by atoms with Crippen LogP contribution in [0, 0.1) is 0 Å². The number of nitrogens with zero attached hydrogens (tertiary/aromatic N) is 2. The molecule has 124 valence electrons. The highest BCUT2D eigenvalue weighted by Gasteiger charge is 2.31. The molecule has 0 unspecified atom stereocenters. The van der Waals surface area contributed by atoms with Crippen LogP contribution in [0.25, 0.3) is 0 Å². The molecule has 0 atom stereocenters. The van der Waals surface area contributed by atoms with Crippen LogP contribution in [-0.2, 0) is 19.2 Å². The summed E-state index contributed by atoms with van der Waals surface area (Å²) >= 11 is 0. The van der Waals surface area contributed by atoms with Gasteiger partial charge in [0, 0.05) is 25.0 Å². The molecule has 0 bridgehead atoms. The summed E-state index contributed by atoms with van der Waals surface area (Å²) in [7, 11) is 0. The lowest BCUT2D eigenvalue weighted by Gasteiger charge is -2.19. The number of hydrogen-bond donors (Lipinski definition) is 2. The molecular weight excluding hydrogens is 318 g/mol. The predicted molar refractivity (Wildman–Crippen MR) is 79.5 cm³/mol. The SMILES string of the molecule is NC(=O)CCC(=O)N(O)C(=O)c1ccccc1N1C(=O)C=CC1=O. The monoisotopic (exact) mass is 331 g/mol. The van der Waals surface area contributed by atoms with E-state index in [0.717, 1.165) is 17.1 Å². The summed E-state index contributed by atoms with van der Waals surface area (Å²) < 4.78 is 0. The van der Waals surface area contributed by atoms with Gasteiger partial charge in [-0.25, -0.2) is 4.90 Å². The van der Waals surface area contributed by atoms with E-state index in [0.29, 0.717) is 0 Å². The maximum Gasteiger partial charge on any atom is 0.286 e. The number of nitrogens with two attached hydrogens (primary N) is 1. The zero-order valence-electron chi connectivity index (χ0n) is 12.3. The molecule has 0 saturated carbocycles. The maximum atomic E-state index is 12.3. The molecule has 0 saturated heterocycles. The molecule has 1 aromatic carbocycles. The lowest BCUT2D eigenvalue weighted by atomic mass is 10.1. The van der Waals surface area contributed by atoms with E-state index >= 15 is 0 Å². The third-order valence-electron chi connectivity index (χ3n) is 3.20. The molecule has 24 heavy (non-hydrogen) atoms. The molecule has 1 aromatic rings. The maximum absolute atomic E-state index is 12.3. The van der Waals surface area contributed by atoms with Crippen LogP contribution in [-0.4, -0.2) is 39.8 Å². The van der Waals surface area contributed by atoms with Crippen LogP contribution in [0.15, 0.2) is 36.4 Å². The second-order valence-electron chi connectivity index (χ2n) is 4.84. The van der Waals surface area contributed by atoms with Gasteiger partial charge in [0.15, 0.2) is 0 Å². The van der Waals surface area contributed by atoms with Crippen LogP contribution in [0.2, 0.25) is 0 Å². The van der Waals surface area contributed by atoms with Gasteiger partial charge in [-0.15, -0.1) is 0 Å².